The molecule has 0 bridgehead atoms. The van der Waals surface area contributed by atoms with Gasteiger partial charge in [-0.15, -0.1) is 0 Å². The van der Waals surface area contributed by atoms with E-state index >= 15 is 0 Å². The molecule has 0 saturated carbocycles. The standard InChI is InChI=1S/C14H16N2O5/c1-3-15(10-14(18)21-2)13(17)9-6-11-4-7-12(8-5-11)16(19)20/h4-9H,3,10H2,1-2H3. The summed E-state index contributed by atoms with van der Waals surface area (Å²) in [7, 11) is 1.26. The summed E-state index contributed by atoms with van der Waals surface area (Å²) in [6.07, 6.45) is 2.85. The SMILES string of the molecule is CCN(CC(=O)OC)C(=O)C=Cc1ccc([N+](=O)[O-])cc1. The smallest absolute Gasteiger partial charge is 0.325 e. The molecular formula is C14H16N2O5. The minimum absolute atomic E-state index is 0.0145. The fourth-order valence-electron chi connectivity index (χ4n) is 1.55. The summed E-state index contributed by atoms with van der Waals surface area (Å²) in [5, 5.41) is 10.5. The van der Waals surface area contributed by atoms with Crippen LogP contribution in [0.1, 0.15) is 12.5 Å². The average Bonchev–Trinajstić information content (AvgIpc) is 2.50. The topological polar surface area (TPSA) is 89.8 Å². The van der Waals surface area contributed by atoms with Gasteiger partial charge in [0.15, 0.2) is 0 Å². The molecule has 0 heterocycles. The highest BCUT2D eigenvalue weighted by Crippen LogP contribution is 2.12. The number of methoxy groups -OCH3 is 1. The second kappa shape index (κ2) is 7.78. The molecule has 1 aromatic carbocycles. The fourth-order valence-corrected chi connectivity index (χ4v) is 1.55. The predicted molar refractivity (Wildman–Crippen MR) is 76.4 cm³/mol. The van der Waals surface area contributed by atoms with Crippen LogP contribution in [0.25, 0.3) is 6.08 Å². The Bertz CT molecular complexity index is 551. The number of carbonyl (C=O) groups excluding carboxylic acids is 2. The van der Waals surface area contributed by atoms with Crippen LogP contribution in [0.2, 0.25) is 0 Å². The number of hydrogen-bond acceptors (Lipinski definition) is 5. The molecule has 1 rings (SSSR count). The predicted octanol–water partition coefficient (Wildman–Crippen LogP) is 1.63. The first-order valence-electron chi connectivity index (χ1n) is 6.26. The zero-order chi connectivity index (χ0) is 15.8. The van der Waals surface area contributed by atoms with E-state index in [2.05, 4.69) is 4.74 Å². The highest BCUT2D eigenvalue weighted by Gasteiger charge is 2.13. The van der Waals surface area contributed by atoms with Crippen molar-refractivity contribution in [1.82, 2.24) is 4.90 Å². The molecule has 7 nitrogen and oxygen atoms in total. The minimum Gasteiger partial charge on any atom is -0.468 e. The van der Waals surface area contributed by atoms with Gasteiger partial charge in [-0.25, -0.2) is 0 Å². The van der Waals surface area contributed by atoms with Crippen molar-refractivity contribution in [3.8, 4) is 0 Å². The van der Waals surface area contributed by atoms with Crippen molar-refractivity contribution < 1.29 is 19.2 Å². The normalized spacial score (nSPS) is 10.4. The average molecular weight is 292 g/mol. The van der Waals surface area contributed by atoms with Gasteiger partial charge < -0.3 is 9.64 Å². The maximum Gasteiger partial charge on any atom is 0.325 e. The van der Waals surface area contributed by atoms with Crippen LogP contribution >= 0.6 is 0 Å². The van der Waals surface area contributed by atoms with E-state index in [1.54, 1.807) is 19.1 Å². The number of ether oxygens (including phenoxy) is 1. The van der Waals surface area contributed by atoms with Crippen LogP contribution in [-0.2, 0) is 14.3 Å². The molecule has 0 unspecified atom stereocenters. The van der Waals surface area contributed by atoms with Crippen LogP contribution in [-0.4, -0.2) is 41.9 Å². The van der Waals surface area contributed by atoms with Crippen LogP contribution < -0.4 is 0 Å². The van der Waals surface area contributed by atoms with Gasteiger partial charge >= 0.3 is 5.97 Å². The van der Waals surface area contributed by atoms with E-state index in [0.717, 1.165) is 0 Å². The number of rotatable bonds is 6. The lowest BCUT2D eigenvalue weighted by Gasteiger charge is -2.17. The molecule has 0 saturated heterocycles. The highest BCUT2D eigenvalue weighted by molar-refractivity contribution is 5.93. The quantitative estimate of drug-likeness (QED) is 0.344. The van der Waals surface area contributed by atoms with Crippen LogP contribution in [0.5, 0.6) is 0 Å². The third-order valence-electron chi connectivity index (χ3n) is 2.76. The molecule has 0 radical (unpaired) electrons. The monoisotopic (exact) mass is 292 g/mol. The number of amides is 1. The summed E-state index contributed by atoms with van der Waals surface area (Å²) in [6.45, 7) is 2.01. The maximum absolute atomic E-state index is 11.9. The van der Waals surface area contributed by atoms with Gasteiger partial charge in [-0.3, -0.25) is 19.7 Å². The molecule has 0 fully saturated rings. The van der Waals surface area contributed by atoms with Gasteiger partial charge in [0.2, 0.25) is 5.91 Å². The van der Waals surface area contributed by atoms with Crippen molar-refractivity contribution in [3.63, 3.8) is 0 Å². The summed E-state index contributed by atoms with van der Waals surface area (Å²) in [5.41, 5.74) is 0.641. The summed E-state index contributed by atoms with van der Waals surface area (Å²) in [5.74, 6) is -0.824. The Morgan fingerprint density at radius 1 is 1.33 bits per heavy atom. The molecule has 1 amide bonds. The molecule has 21 heavy (non-hydrogen) atoms. The number of non-ortho nitro benzene ring substituents is 1. The zero-order valence-corrected chi connectivity index (χ0v) is 11.8. The first-order valence-corrected chi connectivity index (χ1v) is 6.26. The van der Waals surface area contributed by atoms with Crippen molar-refractivity contribution in [3.05, 3.63) is 46.0 Å². The van der Waals surface area contributed by atoms with Crippen LogP contribution in [0.4, 0.5) is 5.69 Å². The largest absolute Gasteiger partial charge is 0.468 e. The number of nitro benzene ring substituents is 1. The van der Waals surface area contributed by atoms with Gasteiger partial charge in [0.1, 0.15) is 6.54 Å². The third kappa shape index (κ3) is 5.06. The Hall–Kier alpha value is -2.70. The number of benzene rings is 1. The van der Waals surface area contributed by atoms with Crippen LogP contribution in [0, 0.1) is 10.1 Å². The molecule has 0 aliphatic carbocycles. The van der Waals surface area contributed by atoms with E-state index in [4.69, 9.17) is 0 Å². The van der Waals surface area contributed by atoms with Gasteiger partial charge in [0.05, 0.1) is 12.0 Å². The Labute approximate surface area is 122 Å². The van der Waals surface area contributed by atoms with Crippen molar-refractivity contribution in [2.75, 3.05) is 20.2 Å². The van der Waals surface area contributed by atoms with Crippen LogP contribution in [0.15, 0.2) is 30.3 Å². The van der Waals surface area contributed by atoms with Gasteiger partial charge in [0.25, 0.3) is 5.69 Å². The number of nitrogens with zero attached hydrogens (tertiary/aromatic N) is 2. The fraction of sp³-hybridized carbons (Fsp3) is 0.286. The Balaban J connectivity index is 2.71. The summed E-state index contributed by atoms with van der Waals surface area (Å²) < 4.78 is 4.51. The van der Waals surface area contributed by atoms with Crippen molar-refractivity contribution in [1.29, 1.82) is 0 Å². The molecule has 0 aromatic heterocycles. The second-order valence-corrected chi connectivity index (χ2v) is 4.11. The lowest BCUT2D eigenvalue weighted by molar-refractivity contribution is -0.384. The summed E-state index contributed by atoms with van der Waals surface area (Å²) >= 11 is 0. The Morgan fingerprint density at radius 3 is 2.43 bits per heavy atom. The lowest BCUT2D eigenvalue weighted by Crippen LogP contribution is -2.34. The molecule has 7 heteroatoms. The third-order valence-corrected chi connectivity index (χ3v) is 2.76. The second-order valence-electron chi connectivity index (χ2n) is 4.11. The van der Waals surface area contributed by atoms with Crippen molar-refractivity contribution in [2.24, 2.45) is 0 Å². The van der Waals surface area contributed by atoms with Gasteiger partial charge in [-0.05, 0) is 30.7 Å². The molecular weight excluding hydrogens is 276 g/mol. The van der Waals surface area contributed by atoms with Gasteiger partial charge in [-0.2, -0.15) is 0 Å². The van der Waals surface area contributed by atoms with Gasteiger partial charge in [-0.1, -0.05) is 0 Å². The Morgan fingerprint density at radius 2 is 1.95 bits per heavy atom. The lowest BCUT2D eigenvalue weighted by atomic mass is 10.2. The highest BCUT2D eigenvalue weighted by atomic mass is 16.6. The molecule has 0 N–H and O–H groups in total. The van der Waals surface area contributed by atoms with E-state index in [9.17, 15) is 19.7 Å². The molecule has 0 aliphatic rings. The Kier molecular flexibility index (Phi) is 6.06. The number of nitro groups is 1. The molecule has 0 aliphatic heterocycles. The first-order chi connectivity index (χ1) is 9.97. The van der Waals surface area contributed by atoms with E-state index < -0.39 is 10.9 Å². The number of carbonyl (C=O) groups is 2. The number of hydrogen-bond donors (Lipinski definition) is 0. The molecule has 0 atom stereocenters. The van der Waals surface area contributed by atoms with Crippen molar-refractivity contribution in [2.45, 2.75) is 6.92 Å². The zero-order valence-electron chi connectivity index (χ0n) is 11.8. The van der Waals surface area contributed by atoms with E-state index in [1.165, 1.54) is 36.3 Å². The molecule has 1 aromatic rings. The number of esters is 1. The van der Waals surface area contributed by atoms with E-state index in [0.29, 0.717) is 12.1 Å². The minimum atomic E-state index is -0.492. The first kappa shape index (κ1) is 16.4. The van der Waals surface area contributed by atoms with Gasteiger partial charge in [0, 0.05) is 24.8 Å². The summed E-state index contributed by atoms with van der Waals surface area (Å²) in [4.78, 5) is 34.4. The van der Waals surface area contributed by atoms with E-state index in [1.807, 2.05) is 0 Å². The summed E-state index contributed by atoms with van der Waals surface area (Å²) in [6, 6.07) is 5.80. The van der Waals surface area contributed by atoms with E-state index in [-0.39, 0.29) is 18.1 Å². The van der Waals surface area contributed by atoms with Crippen LogP contribution in [0.3, 0.4) is 0 Å². The molecule has 112 valence electrons. The maximum atomic E-state index is 11.9. The number of likely N-dealkylation sites (N-methyl/N-ethyl adjacent to an activating group) is 1. The van der Waals surface area contributed by atoms with Crippen molar-refractivity contribution >= 4 is 23.6 Å². The molecule has 0 spiro atoms.